The molecule has 0 radical (unpaired) electrons. The van der Waals surface area contributed by atoms with E-state index in [9.17, 15) is 14.4 Å². The SMILES string of the molecule is CCOCCOc1cccc(C(=O)NNC(=O)CCC(=O)Nc2ccc(OCC)cc2)c1. The van der Waals surface area contributed by atoms with E-state index in [0.29, 0.717) is 49.2 Å². The first-order chi connectivity index (χ1) is 15.5. The van der Waals surface area contributed by atoms with Crippen LogP contribution in [0.4, 0.5) is 5.69 Å². The van der Waals surface area contributed by atoms with Crippen LogP contribution in [-0.2, 0) is 14.3 Å². The summed E-state index contributed by atoms with van der Waals surface area (Å²) in [5, 5.41) is 2.70. The number of nitrogens with one attached hydrogen (secondary N) is 3. The zero-order valence-corrected chi connectivity index (χ0v) is 18.3. The van der Waals surface area contributed by atoms with Crippen molar-refractivity contribution in [2.75, 3.05) is 31.7 Å². The molecule has 0 aliphatic carbocycles. The summed E-state index contributed by atoms with van der Waals surface area (Å²) >= 11 is 0. The smallest absolute Gasteiger partial charge is 0.269 e. The first-order valence-electron chi connectivity index (χ1n) is 10.4. The van der Waals surface area contributed by atoms with Crippen LogP contribution in [0.5, 0.6) is 11.5 Å². The summed E-state index contributed by atoms with van der Waals surface area (Å²) in [6.07, 6.45) is -0.109. The van der Waals surface area contributed by atoms with Gasteiger partial charge in [0.05, 0.1) is 13.2 Å². The van der Waals surface area contributed by atoms with Crippen LogP contribution in [0, 0.1) is 0 Å². The highest BCUT2D eigenvalue weighted by Crippen LogP contribution is 2.16. The number of hydrazine groups is 1. The molecule has 9 nitrogen and oxygen atoms in total. The number of benzene rings is 2. The first kappa shape index (κ1) is 24.7. The second kappa shape index (κ2) is 13.7. The van der Waals surface area contributed by atoms with Gasteiger partial charge in [-0.2, -0.15) is 0 Å². The van der Waals surface area contributed by atoms with Crippen molar-refractivity contribution in [2.45, 2.75) is 26.7 Å². The summed E-state index contributed by atoms with van der Waals surface area (Å²) in [4.78, 5) is 36.2. The molecule has 0 saturated carbocycles. The van der Waals surface area contributed by atoms with Crippen molar-refractivity contribution in [3.8, 4) is 11.5 Å². The minimum absolute atomic E-state index is 0.0297. The number of carbonyl (C=O) groups excluding carboxylic acids is 3. The maximum atomic E-state index is 12.2. The minimum Gasteiger partial charge on any atom is -0.494 e. The van der Waals surface area contributed by atoms with Crippen LogP contribution < -0.4 is 25.6 Å². The van der Waals surface area contributed by atoms with Gasteiger partial charge in [0.25, 0.3) is 5.91 Å². The fraction of sp³-hybridized carbons (Fsp3) is 0.348. The largest absolute Gasteiger partial charge is 0.494 e. The Hall–Kier alpha value is -3.59. The van der Waals surface area contributed by atoms with Crippen LogP contribution >= 0.6 is 0 Å². The molecule has 0 atom stereocenters. The van der Waals surface area contributed by atoms with E-state index in [-0.39, 0.29) is 18.7 Å². The van der Waals surface area contributed by atoms with Gasteiger partial charge in [-0.25, -0.2) is 0 Å². The average Bonchev–Trinajstić information content (AvgIpc) is 2.80. The van der Waals surface area contributed by atoms with E-state index >= 15 is 0 Å². The van der Waals surface area contributed by atoms with Crippen LogP contribution in [-0.4, -0.2) is 44.1 Å². The van der Waals surface area contributed by atoms with Crippen molar-refractivity contribution in [2.24, 2.45) is 0 Å². The Balaban J connectivity index is 1.70. The van der Waals surface area contributed by atoms with E-state index in [0.717, 1.165) is 0 Å². The zero-order valence-electron chi connectivity index (χ0n) is 18.3. The standard InChI is InChI=1S/C23H29N3O6/c1-3-30-14-15-32-20-7-5-6-17(16-20)23(29)26-25-22(28)13-12-21(27)24-18-8-10-19(11-9-18)31-4-2/h5-11,16H,3-4,12-15H2,1-2H3,(H,24,27)(H,25,28)(H,26,29). The number of carbonyl (C=O) groups is 3. The molecule has 0 bridgehead atoms. The van der Waals surface area contributed by atoms with Crippen LogP contribution in [0.1, 0.15) is 37.0 Å². The van der Waals surface area contributed by atoms with Crippen molar-refractivity contribution in [1.82, 2.24) is 10.9 Å². The Kier molecular flexibility index (Phi) is 10.5. The Morgan fingerprint density at radius 3 is 2.25 bits per heavy atom. The summed E-state index contributed by atoms with van der Waals surface area (Å²) < 4.78 is 16.1. The van der Waals surface area contributed by atoms with Crippen LogP contribution in [0.25, 0.3) is 0 Å². The monoisotopic (exact) mass is 443 g/mol. The molecule has 172 valence electrons. The van der Waals surface area contributed by atoms with Gasteiger partial charge in [-0.3, -0.25) is 25.2 Å². The Morgan fingerprint density at radius 1 is 0.781 bits per heavy atom. The van der Waals surface area contributed by atoms with Crippen molar-refractivity contribution < 1.29 is 28.6 Å². The Labute approximate surface area is 187 Å². The van der Waals surface area contributed by atoms with Crippen molar-refractivity contribution >= 4 is 23.4 Å². The van der Waals surface area contributed by atoms with Crippen molar-refractivity contribution in [3.63, 3.8) is 0 Å². The van der Waals surface area contributed by atoms with Crippen LogP contribution in [0.2, 0.25) is 0 Å². The molecule has 0 aromatic heterocycles. The van der Waals surface area contributed by atoms with E-state index in [4.69, 9.17) is 14.2 Å². The van der Waals surface area contributed by atoms with E-state index in [1.54, 1.807) is 48.5 Å². The lowest BCUT2D eigenvalue weighted by molar-refractivity contribution is -0.124. The maximum Gasteiger partial charge on any atom is 0.269 e. The molecule has 0 aliphatic heterocycles. The minimum atomic E-state index is -0.493. The van der Waals surface area contributed by atoms with E-state index < -0.39 is 11.8 Å². The summed E-state index contributed by atoms with van der Waals surface area (Å²) in [7, 11) is 0. The molecule has 2 aromatic carbocycles. The van der Waals surface area contributed by atoms with E-state index in [1.165, 1.54) is 0 Å². The number of hydrogen-bond acceptors (Lipinski definition) is 6. The highest BCUT2D eigenvalue weighted by atomic mass is 16.5. The zero-order chi connectivity index (χ0) is 23.2. The summed E-state index contributed by atoms with van der Waals surface area (Å²) in [6, 6.07) is 13.5. The lowest BCUT2D eigenvalue weighted by Crippen LogP contribution is -2.41. The third kappa shape index (κ3) is 9.05. The molecule has 0 aliphatic rings. The molecule has 2 aromatic rings. The third-order valence-electron chi connectivity index (χ3n) is 4.14. The number of rotatable bonds is 12. The van der Waals surface area contributed by atoms with E-state index in [2.05, 4.69) is 16.2 Å². The summed E-state index contributed by atoms with van der Waals surface area (Å²) in [6.45, 7) is 5.77. The molecule has 9 heteroatoms. The Bertz CT molecular complexity index is 886. The predicted molar refractivity (Wildman–Crippen MR) is 120 cm³/mol. The molecular formula is C23H29N3O6. The number of anilines is 1. The topological polar surface area (TPSA) is 115 Å². The predicted octanol–water partition coefficient (Wildman–Crippen LogP) is 2.68. The molecule has 0 saturated heterocycles. The lowest BCUT2D eigenvalue weighted by atomic mass is 10.2. The molecule has 0 fully saturated rings. The molecule has 32 heavy (non-hydrogen) atoms. The normalized spacial score (nSPS) is 10.2. The number of ether oxygens (including phenoxy) is 3. The lowest BCUT2D eigenvalue weighted by Gasteiger charge is -2.10. The van der Waals surface area contributed by atoms with Gasteiger partial charge in [0, 0.05) is 30.7 Å². The molecule has 0 unspecified atom stereocenters. The van der Waals surface area contributed by atoms with Gasteiger partial charge >= 0.3 is 0 Å². The molecule has 0 heterocycles. The summed E-state index contributed by atoms with van der Waals surface area (Å²) in [5.74, 6) is -0.0535. The van der Waals surface area contributed by atoms with Gasteiger partial charge in [-0.15, -0.1) is 0 Å². The Morgan fingerprint density at radius 2 is 1.53 bits per heavy atom. The summed E-state index contributed by atoms with van der Waals surface area (Å²) in [5.41, 5.74) is 5.57. The van der Waals surface area contributed by atoms with Gasteiger partial charge in [0.2, 0.25) is 11.8 Å². The quantitative estimate of drug-likeness (QED) is 0.343. The van der Waals surface area contributed by atoms with Gasteiger partial charge in [0.1, 0.15) is 18.1 Å². The average molecular weight is 444 g/mol. The van der Waals surface area contributed by atoms with Gasteiger partial charge in [0.15, 0.2) is 0 Å². The fourth-order valence-corrected chi connectivity index (χ4v) is 2.60. The molecular weight excluding hydrogens is 414 g/mol. The highest BCUT2D eigenvalue weighted by molar-refractivity contribution is 5.96. The molecule has 3 N–H and O–H groups in total. The van der Waals surface area contributed by atoms with Gasteiger partial charge in [-0.05, 0) is 56.3 Å². The van der Waals surface area contributed by atoms with Gasteiger partial charge in [-0.1, -0.05) is 6.07 Å². The van der Waals surface area contributed by atoms with Crippen molar-refractivity contribution in [1.29, 1.82) is 0 Å². The fourth-order valence-electron chi connectivity index (χ4n) is 2.60. The maximum absolute atomic E-state index is 12.2. The number of hydrogen-bond donors (Lipinski definition) is 3. The third-order valence-corrected chi connectivity index (χ3v) is 4.14. The van der Waals surface area contributed by atoms with Crippen LogP contribution in [0.15, 0.2) is 48.5 Å². The second-order valence-electron chi connectivity index (χ2n) is 6.58. The van der Waals surface area contributed by atoms with Crippen LogP contribution in [0.3, 0.4) is 0 Å². The highest BCUT2D eigenvalue weighted by Gasteiger charge is 2.11. The molecule has 2 rings (SSSR count). The first-order valence-corrected chi connectivity index (χ1v) is 10.4. The van der Waals surface area contributed by atoms with E-state index in [1.807, 2.05) is 13.8 Å². The number of amides is 3. The second-order valence-corrected chi connectivity index (χ2v) is 6.58. The molecule has 3 amide bonds. The molecule has 0 spiro atoms. The van der Waals surface area contributed by atoms with Gasteiger partial charge < -0.3 is 19.5 Å². The van der Waals surface area contributed by atoms with Crippen molar-refractivity contribution in [3.05, 3.63) is 54.1 Å².